The summed E-state index contributed by atoms with van der Waals surface area (Å²) in [5.41, 5.74) is 1.53. The van der Waals surface area contributed by atoms with Crippen molar-refractivity contribution in [1.29, 1.82) is 0 Å². The third-order valence-corrected chi connectivity index (χ3v) is 4.73. The molecule has 3 aromatic rings. The van der Waals surface area contributed by atoms with Crippen molar-refractivity contribution in [3.05, 3.63) is 42.9 Å². The Morgan fingerprint density at radius 2 is 2.28 bits per heavy atom. The number of aromatic nitrogens is 3. The lowest BCUT2D eigenvalue weighted by Crippen LogP contribution is -2.32. The van der Waals surface area contributed by atoms with E-state index in [9.17, 15) is 4.79 Å². The Morgan fingerprint density at radius 3 is 3.12 bits per heavy atom. The molecule has 1 saturated heterocycles. The van der Waals surface area contributed by atoms with E-state index in [2.05, 4.69) is 15.0 Å². The van der Waals surface area contributed by atoms with Crippen molar-refractivity contribution in [3.8, 4) is 5.88 Å². The molecule has 7 nitrogen and oxygen atoms in total. The summed E-state index contributed by atoms with van der Waals surface area (Å²) in [6, 6.07) is 7.56. The fourth-order valence-electron chi connectivity index (χ4n) is 2.70. The van der Waals surface area contributed by atoms with E-state index in [1.54, 1.807) is 23.5 Å². The number of carbonyl (C=O) groups excluding carboxylic acids is 1. The molecule has 128 valence electrons. The maximum Gasteiger partial charge on any atom is 0.257 e. The van der Waals surface area contributed by atoms with E-state index < -0.39 is 0 Å². The molecule has 1 atom stereocenters. The van der Waals surface area contributed by atoms with Gasteiger partial charge in [-0.1, -0.05) is 23.9 Å². The minimum Gasteiger partial charge on any atom is -0.471 e. The first-order valence-electron chi connectivity index (χ1n) is 7.97. The Morgan fingerprint density at radius 1 is 1.36 bits per heavy atom. The summed E-state index contributed by atoms with van der Waals surface area (Å²) < 4.78 is 11.4. The second-order valence-electron chi connectivity index (χ2n) is 5.65. The molecule has 1 amide bonds. The van der Waals surface area contributed by atoms with Gasteiger partial charge in [0.2, 0.25) is 11.8 Å². The number of hydrogen-bond donors (Lipinski definition) is 0. The Bertz CT molecular complexity index is 837. The van der Waals surface area contributed by atoms with Gasteiger partial charge in [0.15, 0.2) is 5.58 Å². The van der Waals surface area contributed by atoms with E-state index in [0.717, 1.165) is 17.5 Å². The SMILES string of the molecule is O=C(CSc1nc2ccccc2o1)N1CCC(Oc2cnccn2)C1. The Labute approximate surface area is 148 Å². The highest BCUT2D eigenvalue weighted by Gasteiger charge is 2.28. The molecule has 25 heavy (non-hydrogen) atoms. The van der Waals surface area contributed by atoms with Crippen LogP contribution in [0.3, 0.4) is 0 Å². The Kier molecular flexibility index (Phi) is 4.51. The van der Waals surface area contributed by atoms with E-state index in [0.29, 0.717) is 29.9 Å². The maximum atomic E-state index is 12.4. The number of hydrogen-bond acceptors (Lipinski definition) is 7. The zero-order valence-corrected chi connectivity index (χ0v) is 14.2. The normalized spacial score (nSPS) is 17.1. The van der Waals surface area contributed by atoms with Crippen molar-refractivity contribution in [2.75, 3.05) is 18.8 Å². The van der Waals surface area contributed by atoms with Crippen molar-refractivity contribution in [2.24, 2.45) is 0 Å². The average Bonchev–Trinajstić information content (AvgIpc) is 3.27. The van der Waals surface area contributed by atoms with Gasteiger partial charge in [0, 0.05) is 25.4 Å². The molecule has 1 unspecified atom stereocenters. The van der Waals surface area contributed by atoms with E-state index in [-0.39, 0.29) is 12.0 Å². The molecule has 3 heterocycles. The van der Waals surface area contributed by atoms with E-state index in [1.165, 1.54) is 11.8 Å². The predicted molar refractivity (Wildman–Crippen MR) is 92.4 cm³/mol. The van der Waals surface area contributed by atoms with Gasteiger partial charge in [-0.15, -0.1) is 0 Å². The fraction of sp³-hybridized carbons (Fsp3) is 0.294. The maximum absolute atomic E-state index is 12.4. The molecule has 1 aliphatic heterocycles. The number of thioether (sulfide) groups is 1. The van der Waals surface area contributed by atoms with Crippen LogP contribution in [0.2, 0.25) is 0 Å². The molecular weight excluding hydrogens is 340 g/mol. The van der Waals surface area contributed by atoms with Crippen LogP contribution in [0.4, 0.5) is 0 Å². The van der Waals surface area contributed by atoms with Crippen LogP contribution in [0.25, 0.3) is 11.1 Å². The van der Waals surface area contributed by atoms with Crippen LogP contribution >= 0.6 is 11.8 Å². The number of ether oxygens (including phenoxy) is 1. The monoisotopic (exact) mass is 356 g/mol. The number of carbonyl (C=O) groups is 1. The third kappa shape index (κ3) is 3.74. The van der Waals surface area contributed by atoms with Gasteiger partial charge in [-0.3, -0.25) is 9.78 Å². The van der Waals surface area contributed by atoms with E-state index >= 15 is 0 Å². The lowest BCUT2D eigenvalue weighted by molar-refractivity contribution is -0.127. The average molecular weight is 356 g/mol. The van der Waals surface area contributed by atoms with Crippen molar-refractivity contribution in [1.82, 2.24) is 19.9 Å². The number of likely N-dealkylation sites (tertiary alicyclic amines) is 1. The molecule has 1 aromatic carbocycles. The van der Waals surface area contributed by atoms with Crippen LogP contribution in [0, 0.1) is 0 Å². The molecule has 0 N–H and O–H groups in total. The zero-order valence-electron chi connectivity index (χ0n) is 13.4. The van der Waals surface area contributed by atoms with Gasteiger partial charge in [0.05, 0.1) is 18.5 Å². The van der Waals surface area contributed by atoms with Crippen LogP contribution in [-0.2, 0) is 4.79 Å². The topological polar surface area (TPSA) is 81.4 Å². The minimum absolute atomic E-state index is 0.0463. The Hall–Kier alpha value is -2.61. The highest BCUT2D eigenvalue weighted by molar-refractivity contribution is 7.99. The molecule has 0 aliphatic carbocycles. The van der Waals surface area contributed by atoms with Gasteiger partial charge in [-0.25, -0.2) is 9.97 Å². The fourth-order valence-corrected chi connectivity index (χ4v) is 3.44. The summed E-state index contributed by atoms with van der Waals surface area (Å²) in [6.07, 6.45) is 5.50. The first-order chi connectivity index (χ1) is 12.3. The summed E-state index contributed by atoms with van der Waals surface area (Å²) >= 11 is 1.31. The molecule has 1 aliphatic rings. The van der Waals surface area contributed by atoms with Crippen molar-refractivity contribution in [2.45, 2.75) is 17.7 Å². The van der Waals surface area contributed by atoms with Crippen molar-refractivity contribution >= 4 is 28.8 Å². The quantitative estimate of drug-likeness (QED) is 0.649. The molecular formula is C17H16N4O3S. The summed E-state index contributed by atoms with van der Waals surface area (Å²) in [5.74, 6) is 0.838. The van der Waals surface area contributed by atoms with Gasteiger partial charge in [-0.05, 0) is 12.1 Å². The molecule has 0 radical (unpaired) electrons. The van der Waals surface area contributed by atoms with Gasteiger partial charge in [-0.2, -0.15) is 0 Å². The zero-order chi connectivity index (χ0) is 17.1. The third-order valence-electron chi connectivity index (χ3n) is 3.92. The number of fused-ring (bicyclic) bond motifs is 1. The van der Waals surface area contributed by atoms with Crippen LogP contribution < -0.4 is 4.74 Å². The molecule has 0 spiro atoms. The molecule has 8 heteroatoms. The largest absolute Gasteiger partial charge is 0.471 e. The highest BCUT2D eigenvalue weighted by atomic mass is 32.2. The van der Waals surface area contributed by atoms with Crippen LogP contribution in [0.1, 0.15) is 6.42 Å². The van der Waals surface area contributed by atoms with E-state index in [4.69, 9.17) is 9.15 Å². The minimum atomic E-state index is -0.0463. The van der Waals surface area contributed by atoms with Crippen LogP contribution in [0.15, 0.2) is 52.5 Å². The smallest absolute Gasteiger partial charge is 0.257 e. The molecule has 2 aromatic heterocycles. The first kappa shape index (κ1) is 15.9. The second-order valence-corrected chi connectivity index (χ2v) is 6.57. The summed E-state index contributed by atoms with van der Waals surface area (Å²) in [4.78, 5) is 26.6. The van der Waals surface area contributed by atoms with Crippen molar-refractivity contribution in [3.63, 3.8) is 0 Å². The van der Waals surface area contributed by atoms with E-state index in [1.807, 2.05) is 24.3 Å². The molecule has 1 fully saturated rings. The van der Waals surface area contributed by atoms with Gasteiger partial charge in [0.1, 0.15) is 11.6 Å². The van der Waals surface area contributed by atoms with Crippen LogP contribution in [-0.4, -0.2) is 50.7 Å². The number of benzene rings is 1. The number of oxazole rings is 1. The number of rotatable bonds is 5. The molecule has 0 saturated carbocycles. The van der Waals surface area contributed by atoms with Crippen LogP contribution in [0.5, 0.6) is 5.88 Å². The van der Waals surface area contributed by atoms with Gasteiger partial charge >= 0.3 is 0 Å². The van der Waals surface area contributed by atoms with Crippen molar-refractivity contribution < 1.29 is 13.9 Å². The molecule has 0 bridgehead atoms. The standard InChI is InChI=1S/C17H16N4O3S/c22-16(11-25-17-20-13-3-1-2-4-14(13)24-17)21-8-5-12(10-21)23-15-9-18-6-7-19-15/h1-4,6-7,9,12H,5,8,10-11H2. The first-order valence-corrected chi connectivity index (χ1v) is 8.95. The highest BCUT2D eigenvalue weighted by Crippen LogP contribution is 2.24. The lowest BCUT2D eigenvalue weighted by atomic mass is 10.3. The summed E-state index contributed by atoms with van der Waals surface area (Å²) in [6.45, 7) is 1.24. The predicted octanol–water partition coefficient (Wildman–Crippen LogP) is 2.39. The number of amides is 1. The number of nitrogens with zero attached hydrogens (tertiary/aromatic N) is 4. The molecule has 4 rings (SSSR count). The number of para-hydroxylation sites is 2. The summed E-state index contributed by atoms with van der Waals surface area (Å²) in [5, 5.41) is 0.515. The second kappa shape index (κ2) is 7.10. The lowest BCUT2D eigenvalue weighted by Gasteiger charge is -2.16. The summed E-state index contributed by atoms with van der Waals surface area (Å²) in [7, 11) is 0. The Balaban J connectivity index is 1.30. The van der Waals surface area contributed by atoms with Gasteiger partial charge in [0.25, 0.3) is 5.22 Å². The van der Waals surface area contributed by atoms with Gasteiger partial charge < -0.3 is 14.1 Å².